The minimum atomic E-state index is -1.78. The molecule has 0 radical (unpaired) electrons. The predicted octanol–water partition coefficient (Wildman–Crippen LogP) is 7.78. The summed E-state index contributed by atoms with van der Waals surface area (Å²) < 4.78 is 22.8. The summed E-state index contributed by atoms with van der Waals surface area (Å²) >= 11 is 0. The van der Waals surface area contributed by atoms with E-state index in [1.54, 1.807) is 0 Å². The van der Waals surface area contributed by atoms with E-state index in [-0.39, 0.29) is 12.5 Å². The number of carbonyl (C=O) groups excluding carboxylic acids is 1. The molecule has 12 unspecified atom stereocenters. The molecule has 1 amide bonds. The van der Waals surface area contributed by atoms with Crippen LogP contribution in [-0.4, -0.2) is 140 Å². The Morgan fingerprint density at radius 2 is 0.864 bits per heavy atom. The van der Waals surface area contributed by atoms with Crippen molar-refractivity contribution in [3.05, 3.63) is 0 Å². The summed E-state index contributed by atoms with van der Waals surface area (Å²) in [5.74, 6) is -0.202. The average Bonchev–Trinajstić information content (AvgIpc) is 3.31. The second-order valence-corrected chi connectivity index (χ2v) is 19.7. The van der Waals surface area contributed by atoms with Gasteiger partial charge in [0, 0.05) is 6.42 Å². The van der Waals surface area contributed by atoms with Crippen LogP contribution in [-0.2, 0) is 23.7 Å². The Balaban J connectivity index is 1.80. The molecule has 14 heteroatoms. The van der Waals surface area contributed by atoms with E-state index < -0.39 is 86.8 Å². The molecule has 2 aliphatic rings. The second-order valence-electron chi connectivity index (χ2n) is 19.7. The molecular weight excluding hydrogens is 847 g/mol. The minimum absolute atomic E-state index is 0.202. The van der Waals surface area contributed by atoms with Gasteiger partial charge in [-0.05, 0) is 12.8 Å². The van der Waals surface area contributed by atoms with Crippen molar-refractivity contribution < 1.29 is 64.6 Å². The van der Waals surface area contributed by atoms with E-state index in [1.807, 2.05) is 0 Å². The molecule has 9 N–H and O–H groups in total. The molecule has 2 rings (SSSR count). The topological polar surface area (TPSA) is 228 Å². The standard InChI is InChI=1S/C52H101NO13/c1-3-5-7-9-11-13-15-17-19-20-22-24-26-28-30-32-34-36-44(57)53-40(41(56)35-33-31-29-27-25-23-21-18-16-14-12-10-8-6-4-2)39-63-51-49(62)47(60)50(43(38-55)65-51)66-52-48(61)46(59)45(58)42(37-54)64-52/h40-43,45-52,54-56,58-62H,3-39H2,1-2H3,(H,53,57). The first-order valence-corrected chi connectivity index (χ1v) is 27.3. The average molecular weight is 948 g/mol. The molecule has 0 saturated carbocycles. The zero-order valence-corrected chi connectivity index (χ0v) is 41.7. The third-order valence-electron chi connectivity index (χ3n) is 13.8. The van der Waals surface area contributed by atoms with E-state index in [4.69, 9.17) is 18.9 Å². The number of aliphatic hydroxyl groups is 8. The Hall–Kier alpha value is -1.01. The van der Waals surface area contributed by atoms with Gasteiger partial charge in [0.05, 0.1) is 32.0 Å². The number of rotatable bonds is 43. The van der Waals surface area contributed by atoms with Crippen molar-refractivity contribution in [3.8, 4) is 0 Å². The third kappa shape index (κ3) is 26.3. The molecule has 12 atom stereocenters. The Morgan fingerprint density at radius 3 is 1.29 bits per heavy atom. The predicted molar refractivity (Wildman–Crippen MR) is 259 cm³/mol. The number of nitrogens with one attached hydrogen (secondary N) is 1. The van der Waals surface area contributed by atoms with Crippen molar-refractivity contribution in [1.82, 2.24) is 5.32 Å². The molecule has 392 valence electrons. The summed E-state index contributed by atoms with van der Waals surface area (Å²) in [7, 11) is 0. The van der Waals surface area contributed by atoms with E-state index in [0.29, 0.717) is 12.8 Å². The van der Waals surface area contributed by atoms with E-state index in [0.717, 1.165) is 51.4 Å². The second kappa shape index (κ2) is 39.7. The third-order valence-corrected chi connectivity index (χ3v) is 13.8. The number of hydrogen-bond donors (Lipinski definition) is 9. The molecule has 0 spiro atoms. The molecule has 2 aliphatic heterocycles. The van der Waals surface area contributed by atoms with Crippen molar-refractivity contribution in [2.45, 2.75) is 306 Å². The highest BCUT2D eigenvalue weighted by Crippen LogP contribution is 2.30. The van der Waals surface area contributed by atoms with Crippen LogP contribution in [0.5, 0.6) is 0 Å². The van der Waals surface area contributed by atoms with Crippen LogP contribution in [0.2, 0.25) is 0 Å². The number of amides is 1. The molecule has 2 heterocycles. The maximum absolute atomic E-state index is 13.2. The van der Waals surface area contributed by atoms with E-state index in [1.165, 1.54) is 154 Å². The van der Waals surface area contributed by atoms with Crippen LogP contribution in [0.3, 0.4) is 0 Å². The van der Waals surface area contributed by atoms with E-state index in [2.05, 4.69) is 19.2 Å². The van der Waals surface area contributed by atoms with Gasteiger partial charge in [0.2, 0.25) is 5.91 Å². The van der Waals surface area contributed by atoms with Crippen LogP contribution in [0.15, 0.2) is 0 Å². The lowest BCUT2D eigenvalue weighted by atomic mass is 9.97. The number of ether oxygens (including phenoxy) is 4. The lowest BCUT2D eigenvalue weighted by Crippen LogP contribution is -2.65. The Bertz CT molecular complexity index is 1120. The normalized spacial score (nSPS) is 26.7. The van der Waals surface area contributed by atoms with Gasteiger partial charge in [0.15, 0.2) is 12.6 Å². The maximum atomic E-state index is 13.2. The smallest absolute Gasteiger partial charge is 0.220 e. The molecule has 0 aromatic carbocycles. The molecule has 0 aromatic heterocycles. The lowest BCUT2D eigenvalue weighted by molar-refractivity contribution is -0.359. The number of hydrogen-bond acceptors (Lipinski definition) is 13. The van der Waals surface area contributed by atoms with Gasteiger partial charge in [-0.3, -0.25) is 4.79 Å². The Morgan fingerprint density at radius 1 is 0.485 bits per heavy atom. The highest BCUT2D eigenvalue weighted by molar-refractivity contribution is 5.76. The van der Waals surface area contributed by atoms with Crippen molar-refractivity contribution >= 4 is 5.91 Å². The van der Waals surface area contributed by atoms with Gasteiger partial charge in [-0.2, -0.15) is 0 Å². The van der Waals surface area contributed by atoms with E-state index >= 15 is 0 Å². The molecule has 0 aliphatic carbocycles. The molecule has 66 heavy (non-hydrogen) atoms. The number of unbranched alkanes of at least 4 members (excludes halogenated alkanes) is 30. The molecule has 14 nitrogen and oxygen atoms in total. The van der Waals surface area contributed by atoms with E-state index in [9.17, 15) is 45.6 Å². The van der Waals surface area contributed by atoms with Crippen LogP contribution in [0.25, 0.3) is 0 Å². The zero-order valence-electron chi connectivity index (χ0n) is 41.7. The van der Waals surface area contributed by atoms with Gasteiger partial charge in [0.1, 0.15) is 48.8 Å². The number of carbonyl (C=O) groups is 1. The van der Waals surface area contributed by atoms with Gasteiger partial charge in [-0.25, -0.2) is 0 Å². The maximum Gasteiger partial charge on any atom is 0.220 e. The fourth-order valence-electron chi connectivity index (χ4n) is 9.36. The quantitative estimate of drug-likeness (QED) is 0.0267. The van der Waals surface area contributed by atoms with Crippen molar-refractivity contribution in [3.63, 3.8) is 0 Å². The molecule has 2 fully saturated rings. The summed E-state index contributed by atoms with van der Waals surface area (Å²) in [6.45, 7) is 2.88. The molecule has 2 saturated heterocycles. The summed E-state index contributed by atoms with van der Waals surface area (Å²) in [6.07, 6.45) is 23.8. The summed E-state index contributed by atoms with van der Waals surface area (Å²) in [5, 5.41) is 87.0. The summed E-state index contributed by atoms with van der Waals surface area (Å²) in [6, 6.07) is -0.821. The summed E-state index contributed by atoms with van der Waals surface area (Å²) in [5.41, 5.74) is 0. The first kappa shape index (κ1) is 61.1. The Kier molecular flexibility index (Phi) is 36.7. The molecule has 0 bridgehead atoms. The monoisotopic (exact) mass is 948 g/mol. The SMILES string of the molecule is CCCCCCCCCCCCCCCCCCCC(=O)NC(COC1OC(CO)C(OC2OC(CO)C(O)C(O)C2O)C(O)C1O)C(O)CCCCCCCCCCCCCCCCC. The fourth-order valence-corrected chi connectivity index (χ4v) is 9.36. The molecular formula is C52H101NO13. The van der Waals surface area contributed by atoms with Crippen LogP contribution < -0.4 is 5.32 Å². The highest BCUT2D eigenvalue weighted by Gasteiger charge is 2.51. The highest BCUT2D eigenvalue weighted by atomic mass is 16.7. The Labute approximate surface area is 400 Å². The lowest BCUT2D eigenvalue weighted by Gasteiger charge is -2.46. The summed E-state index contributed by atoms with van der Waals surface area (Å²) in [4.78, 5) is 13.2. The van der Waals surface area contributed by atoms with Gasteiger partial charge < -0.3 is 65.1 Å². The van der Waals surface area contributed by atoms with Gasteiger partial charge in [0.25, 0.3) is 0 Å². The largest absolute Gasteiger partial charge is 0.394 e. The fraction of sp³-hybridized carbons (Fsp3) is 0.981. The van der Waals surface area contributed by atoms with Gasteiger partial charge in [-0.1, -0.05) is 213 Å². The van der Waals surface area contributed by atoms with Crippen molar-refractivity contribution in [2.75, 3.05) is 19.8 Å². The van der Waals surface area contributed by atoms with Gasteiger partial charge >= 0.3 is 0 Å². The number of aliphatic hydroxyl groups excluding tert-OH is 8. The molecule has 0 aromatic rings. The van der Waals surface area contributed by atoms with Crippen molar-refractivity contribution in [2.24, 2.45) is 0 Å². The van der Waals surface area contributed by atoms with Crippen molar-refractivity contribution in [1.29, 1.82) is 0 Å². The van der Waals surface area contributed by atoms with Crippen LogP contribution >= 0.6 is 0 Å². The first-order valence-electron chi connectivity index (χ1n) is 27.3. The zero-order chi connectivity index (χ0) is 48.2. The minimum Gasteiger partial charge on any atom is -0.394 e. The van der Waals surface area contributed by atoms with Gasteiger partial charge in [-0.15, -0.1) is 0 Å². The first-order chi connectivity index (χ1) is 32.1. The van der Waals surface area contributed by atoms with Crippen LogP contribution in [0, 0.1) is 0 Å². The van der Waals surface area contributed by atoms with Crippen LogP contribution in [0.1, 0.15) is 232 Å². The van der Waals surface area contributed by atoms with Crippen LogP contribution in [0.4, 0.5) is 0 Å².